The number of ether oxygens (including phenoxy) is 2. The van der Waals surface area contributed by atoms with Crippen LogP contribution in [0.2, 0.25) is 5.02 Å². The lowest BCUT2D eigenvalue weighted by molar-refractivity contribution is -0.137. The quantitative estimate of drug-likeness (QED) is 0.821. The highest BCUT2D eigenvalue weighted by molar-refractivity contribution is 6.30. The molecule has 0 aliphatic carbocycles. The summed E-state index contributed by atoms with van der Waals surface area (Å²) in [6, 6.07) is 13.5. The molecule has 2 aliphatic heterocycles. The summed E-state index contributed by atoms with van der Waals surface area (Å²) in [4.78, 5) is 14.7. The van der Waals surface area contributed by atoms with Crippen molar-refractivity contribution in [3.63, 3.8) is 0 Å². The van der Waals surface area contributed by atoms with Crippen molar-refractivity contribution in [2.24, 2.45) is 0 Å². The molecule has 2 aromatic rings. The van der Waals surface area contributed by atoms with E-state index in [9.17, 15) is 4.79 Å². The van der Waals surface area contributed by atoms with Gasteiger partial charge in [-0.15, -0.1) is 0 Å². The number of benzene rings is 2. The number of hydrogen-bond acceptors (Lipinski definition) is 3. The van der Waals surface area contributed by atoms with Gasteiger partial charge in [0, 0.05) is 24.5 Å². The van der Waals surface area contributed by atoms with E-state index < -0.39 is 6.10 Å². The Balaban J connectivity index is 1.41. The van der Waals surface area contributed by atoms with Crippen molar-refractivity contribution >= 4 is 23.1 Å². The summed E-state index contributed by atoms with van der Waals surface area (Å²) in [5, 5.41) is 0.672. The molecule has 5 heteroatoms. The van der Waals surface area contributed by atoms with Crippen molar-refractivity contribution in [3.8, 4) is 11.5 Å². The third-order valence-electron chi connectivity index (χ3n) is 4.95. The first-order chi connectivity index (χ1) is 12.6. The summed E-state index contributed by atoms with van der Waals surface area (Å²) in [6.07, 6.45) is 3.10. The second-order valence-electron chi connectivity index (χ2n) is 6.55. The first kappa shape index (κ1) is 17.0. The molecule has 2 heterocycles. The van der Waals surface area contributed by atoms with Gasteiger partial charge in [0.1, 0.15) is 11.5 Å². The molecular weight excluding hydrogens is 350 g/mol. The van der Waals surface area contributed by atoms with E-state index in [-0.39, 0.29) is 5.91 Å². The van der Waals surface area contributed by atoms with Crippen LogP contribution in [0.4, 0.5) is 0 Å². The fourth-order valence-electron chi connectivity index (χ4n) is 3.50. The Labute approximate surface area is 158 Å². The summed E-state index contributed by atoms with van der Waals surface area (Å²) in [5.41, 5.74) is 3.44. The van der Waals surface area contributed by atoms with Crippen molar-refractivity contribution in [2.75, 3.05) is 20.2 Å². The first-order valence-electron chi connectivity index (χ1n) is 8.71. The molecule has 0 fully saturated rings. The van der Waals surface area contributed by atoms with Crippen molar-refractivity contribution in [2.45, 2.75) is 18.9 Å². The molecule has 1 amide bonds. The molecular formula is C21H20ClNO3. The summed E-state index contributed by atoms with van der Waals surface area (Å²) in [5.74, 6) is 1.65. The minimum absolute atomic E-state index is 0.0438. The van der Waals surface area contributed by atoms with Crippen LogP contribution >= 0.6 is 11.6 Å². The summed E-state index contributed by atoms with van der Waals surface area (Å²) in [7, 11) is 1.66. The second kappa shape index (κ2) is 7.04. The van der Waals surface area contributed by atoms with Crippen molar-refractivity contribution in [1.82, 2.24) is 4.90 Å². The first-order valence-corrected chi connectivity index (χ1v) is 9.09. The van der Waals surface area contributed by atoms with Gasteiger partial charge in [-0.05, 0) is 53.5 Å². The minimum atomic E-state index is -0.445. The molecule has 4 rings (SSSR count). The number of amides is 1. The SMILES string of the molecule is COc1ccc(C2=CCN(C(=O)[C@H]3Cc4cc(Cl)ccc4O3)CC2)cc1. The normalized spacial score (nSPS) is 18.8. The van der Waals surface area contributed by atoms with Crippen LogP contribution in [-0.2, 0) is 11.2 Å². The van der Waals surface area contributed by atoms with Crippen molar-refractivity contribution < 1.29 is 14.3 Å². The monoisotopic (exact) mass is 369 g/mol. The maximum atomic E-state index is 12.8. The highest BCUT2D eigenvalue weighted by atomic mass is 35.5. The third-order valence-corrected chi connectivity index (χ3v) is 5.19. The molecule has 2 aliphatic rings. The van der Waals surface area contributed by atoms with Crippen LogP contribution < -0.4 is 9.47 Å². The maximum absolute atomic E-state index is 12.8. The van der Waals surface area contributed by atoms with E-state index >= 15 is 0 Å². The van der Waals surface area contributed by atoms with E-state index in [0.717, 1.165) is 23.5 Å². The number of carbonyl (C=O) groups excluding carboxylic acids is 1. The zero-order valence-electron chi connectivity index (χ0n) is 14.6. The van der Waals surface area contributed by atoms with Gasteiger partial charge in [-0.1, -0.05) is 29.8 Å². The number of hydrogen-bond donors (Lipinski definition) is 0. The zero-order chi connectivity index (χ0) is 18.1. The van der Waals surface area contributed by atoms with Crippen molar-refractivity contribution in [1.29, 1.82) is 0 Å². The number of rotatable bonds is 3. The third kappa shape index (κ3) is 3.29. The number of nitrogens with zero attached hydrogens (tertiary/aromatic N) is 1. The number of carbonyl (C=O) groups is 1. The Morgan fingerprint density at radius 2 is 2.04 bits per heavy atom. The zero-order valence-corrected chi connectivity index (χ0v) is 15.3. The van der Waals surface area contributed by atoms with Gasteiger partial charge < -0.3 is 14.4 Å². The standard InChI is InChI=1S/C21H20ClNO3/c1-25-18-5-2-14(3-6-18)15-8-10-23(11-9-15)21(24)20-13-16-12-17(22)4-7-19(16)26-20/h2-8,12,20H,9-11,13H2,1H3/t20-/m1/s1. The predicted octanol–water partition coefficient (Wildman–Crippen LogP) is 3.97. The van der Waals surface area contributed by atoms with E-state index in [1.165, 1.54) is 11.1 Å². The maximum Gasteiger partial charge on any atom is 0.264 e. The average Bonchev–Trinajstić information content (AvgIpc) is 3.11. The van der Waals surface area contributed by atoms with Crippen LogP contribution in [0.15, 0.2) is 48.5 Å². The van der Waals surface area contributed by atoms with Crippen LogP contribution in [-0.4, -0.2) is 37.1 Å². The van der Waals surface area contributed by atoms with Crippen LogP contribution in [0.3, 0.4) is 0 Å². The molecule has 0 saturated carbocycles. The molecule has 0 spiro atoms. The minimum Gasteiger partial charge on any atom is -0.497 e. The fourth-order valence-corrected chi connectivity index (χ4v) is 3.69. The van der Waals surface area contributed by atoms with Gasteiger partial charge in [0.25, 0.3) is 5.91 Å². The molecule has 0 saturated heterocycles. The number of methoxy groups -OCH3 is 1. The lowest BCUT2D eigenvalue weighted by Crippen LogP contribution is -2.43. The molecule has 0 N–H and O–H groups in total. The Kier molecular flexibility index (Phi) is 4.60. The Hall–Kier alpha value is -2.46. The smallest absolute Gasteiger partial charge is 0.264 e. The summed E-state index contributed by atoms with van der Waals surface area (Å²) in [6.45, 7) is 1.31. The predicted molar refractivity (Wildman–Crippen MR) is 102 cm³/mol. The van der Waals surface area contributed by atoms with E-state index in [0.29, 0.717) is 24.5 Å². The molecule has 4 nitrogen and oxygen atoms in total. The molecule has 26 heavy (non-hydrogen) atoms. The van der Waals surface area contributed by atoms with Crippen LogP contribution in [0, 0.1) is 0 Å². The Morgan fingerprint density at radius 1 is 1.23 bits per heavy atom. The van der Waals surface area contributed by atoms with E-state index in [1.807, 2.05) is 29.2 Å². The van der Waals surface area contributed by atoms with Gasteiger partial charge >= 0.3 is 0 Å². The highest BCUT2D eigenvalue weighted by Crippen LogP contribution is 2.32. The van der Waals surface area contributed by atoms with Crippen molar-refractivity contribution in [3.05, 3.63) is 64.7 Å². The fraction of sp³-hybridized carbons (Fsp3) is 0.286. The van der Waals surface area contributed by atoms with Crippen LogP contribution in [0.25, 0.3) is 5.57 Å². The number of halogens is 1. The van der Waals surface area contributed by atoms with Gasteiger partial charge in [-0.25, -0.2) is 0 Å². The average molecular weight is 370 g/mol. The molecule has 0 unspecified atom stereocenters. The summed E-state index contributed by atoms with van der Waals surface area (Å²) < 4.78 is 11.0. The Morgan fingerprint density at radius 3 is 2.73 bits per heavy atom. The largest absolute Gasteiger partial charge is 0.497 e. The molecule has 2 aromatic carbocycles. The van der Waals surface area contributed by atoms with Gasteiger partial charge in [0.05, 0.1) is 7.11 Å². The molecule has 134 valence electrons. The lowest BCUT2D eigenvalue weighted by atomic mass is 9.99. The van der Waals surface area contributed by atoms with Gasteiger partial charge in [0.2, 0.25) is 0 Å². The Bertz CT molecular complexity index is 860. The molecule has 0 bridgehead atoms. The summed E-state index contributed by atoms with van der Waals surface area (Å²) >= 11 is 6.03. The van der Waals surface area contributed by atoms with E-state index in [1.54, 1.807) is 13.2 Å². The molecule has 1 atom stereocenters. The van der Waals surface area contributed by atoms with E-state index in [2.05, 4.69) is 18.2 Å². The van der Waals surface area contributed by atoms with Gasteiger partial charge in [0.15, 0.2) is 6.10 Å². The van der Waals surface area contributed by atoms with Gasteiger partial charge in [-0.2, -0.15) is 0 Å². The topological polar surface area (TPSA) is 38.8 Å². The number of fused-ring (bicyclic) bond motifs is 1. The van der Waals surface area contributed by atoms with Gasteiger partial charge in [-0.3, -0.25) is 4.79 Å². The van der Waals surface area contributed by atoms with E-state index in [4.69, 9.17) is 21.1 Å². The molecule has 0 aromatic heterocycles. The highest BCUT2D eigenvalue weighted by Gasteiger charge is 2.33. The molecule has 0 radical (unpaired) electrons. The second-order valence-corrected chi connectivity index (χ2v) is 6.99. The van der Waals surface area contributed by atoms with Crippen LogP contribution in [0.1, 0.15) is 17.5 Å². The van der Waals surface area contributed by atoms with Crippen LogP contribution in [0.5, 0.6) is 11.5 Å². The lowest BCUT2D eigenvalue weighted by Gasteiger charge is -2.28.